The lowest BCUT2D eigenvalue weighted by atomic mass is 9.96. The van der Waals surface area contributed by atoms with Gasteiger partial charge in [-0.2, -0.15) is 0 Å². The molecule has 4 N–H and O–H groups in total. The summed E-state index contributed by atoms with van der Waals surface area (Å²) in [5.74, 6) is 6.61. The Morgan fingerprint density at radius 1 is 1.14 bits per heavy atom. The topological polar surface area (TPSA) is 75.9 Å². The van der Waals surface area contributed by atoms with Gasteiger partial charge >= 0.3 is 0 Å². The van der Waals surface area contributed by atoms with Gasteiger partial charge in [0.1, 0.15) is 23.3 Å². The van der Waals surface area contributed by atoms with Crippen LogP contribution in [0.5, 0.6) is 0 Å². The van der Waals surface area contributed by atoms with Crippen LogP contribution >= 0.6 is 15.9 Å². The summed E-state index contributed by atoms with van der Waals surface area (Å²) >= 11 is 3.31. The maximum absolute atomic E-state index is 13.8. The molecule has 0 amide bonds. The maximum Gasteiger partial charge on any atom is 0.146 e. The molecule has 7 heteroatoms. The second kappa shape index (κ2) is 5.95. The first kappa shape index (κ1) is 15.7. The maximum atomic E-state index is 13.8. The lowest BCUT2D eigenvalue weighted by Gasteiger charge is -2.19. The molecule has 1 heterocycles. The van der Waals surface area contributed by atoms with Crippen LogP contribution < -0.4 is 16.6 Å². The van der Waals surface area contributed by atoms with Crippen molar-refractivity contribution in [3.63, 3.8) is 0 Å². The number of hydrogen-bond donors (Lipinski definition) is 3. The van der Waals surface area contributed by atoms with Crippen molar-refractivity contribution < 1.29 is 4.39 Å². The zero-order valence-electron chi connectivity index (χ0n) is 12.0. The molecule has 0 fully saturated rings. The van der Waals surface area contributed by atoms with E-state index in [9.17, 15) is 4.39 Å². The van der Waals surface area contributed by atoms with Crippen molar-refractivity contribution in [3.05, 3.63) is 40.4 Å². The third-order valence-electron chi connectivity index (χ3n) is 2.74. The molecule has 2 aromatic rings. The van der Waals surface area contributed by atoms with Crippen LogP contribution in [-0.2, 0) is 5.41 Å². The van der Waals surface area contributed by atoms with Gasteiger partial charge in [-0.25, -0.2) is 20.2 Å². The second-order valence-corrected chi connectivity index (χ2v) is 6.52. The number of hydrazine groups is 1. The van der Waals surface area contributed by atoms with Crippen LogP contribution in [0, 0.1) is 5.82 Å². The molecule has 0 unspecified atom stereocenters. The summed E-state index contributed by atoms with van der Waals surface area (Å²) in [6, 6.07) is 6.27. The van der Waals surface area contributed by atoms with Crippen molar-refractivity contribution in [1.29, 1.82) is 0 Å². The molecule has 0 aliphatic rings. The van der Waals surface area contributed by atoms with E-state index >= 15 is 0 Å². The minimum Gasteiger partial charge on any atom is -0.338 e. The zero-order valence-corrected chi connectivity index (χ0v) is 13.6. The molecule has 112 valence electrons. The minimum absolute atomic E-state index is 0.251. The summed E-state index contributed by atoms with van der Waals surface area (Å²) in [7, 11) is 0. The Hall–Kier alpha value is -1.73. The Morgan fingerprint density at radius 2 is 1.81 bits per heavy atom. The molecular formula is C14H17BrFN5. The summed E-state index contributed by atoms with van der Waals surface area (Å²) in [5, 5.41) is 2.95. The van der Waals surface area contributed by atoms with Crippen molar-refractivity contribution in [1.82, 2.24) is 9.97 Å². The molecule has 0 saturated heterocycles. The molecule has 21 heavy (non-hydrogen) atoms. The Labute approximate surface area is 131 Å². The van der Waals surface area contributed by atoms with E-state index < -0.39 is 0 Å². The van der Waals surface area contributed by atoms with Gasteiger partial charge in [0.2, 0.25) is 0 Å². The Kier molecular flexibility index (Phi) is 4.43. The van der Waals surface area contributed by atoms with Gasteiger partial charge in [-0.15, -0.1) is 0 Å². The lowest BCUT2D eigenvalue weighted by molar-refractivity contribution is 0.547. The van der Waals surface area contributed by atoms with Crippen molar-refractivity contribution >= 4 is 33.3 Å². The van der Waals surface area contributed by atoms with Crippen LogP contribution in [0.2, 0.25) is 0 Å². The molecule has 0 aliphatic carbocycles. The summed E-state index contributed by atoms with van der Waals surface area (Å²) < 4.78 is 14.6. The third-order valence-corrected chi connectivity index (χ3v) is 3.23. The summed E-state index contributed by atoms with van der Waals surface area (Å²) in [6.45, 7) is 5.98. The van der Waals surface area contributed by atoms with E-state index in [-0.39, 0.29) is 11.2 Å². The quantitative estimate of drug-likeness (QED) is 0.579. The highest BCUT2D eigenvalue weighted by molar-refractivity contribution is 9.10. The number of nitrogens with one attached hydrogen (secondary N) is 2. The van der Waals surface area contributed by atoms with Crippen LogP contribution in [0.4, 0.5) is 21.7 Å². The highest BCUT2D eigenvalue weighted by Gasteiger charge is 2.19. The fraction of sp³-hybridized carbons (Fsp3) is 0.286. The number of anilines is 3. The van der Waals surface area contributed by atoms with Gasteiger partial charge < -0.3 is 10.7 Å². The van der Waals surface area contributed by atoms with Gasteiger partial charge in [0.25, 0.3) is 0 Å². The fourth-order valence-corrected chi connectivity index (χ4v) is 2.01. The molecule has 1 aromatic heterocycles. The van der Waals surface area contributed by atoms with Crippen molar-refractivity contribution in [3.8, 4) is 0 Å². The van der Waals surface area contributed by atoms with Crippen molar-refractivity contribution in [2.75, 3.05) is 10.7 Å². The van der Waals surface area contributed by atoms with E-state index in [0.29, 0.717) is 23.1 Å². The van der Waals surface area contributed by atoms with Crippen LogP contribution in [0.1, 0.15) is 26.6 Å². The number of aromatic nitrogens is 2. The van der Waals surface area contributed by atoms with Gasteiger partial charge in [-0.05, 0) is 18.2 Å². The minimum atomic E-state index is -0.364. The molecule has 0 saturated carbocycles. The lowest BCUT2D eigenvalue weighted by Crippen LogP contribution is -2.19. The van der Waals surface area contributed by atoms with E-state index in [0.717, 1.165) is 4.47 Å². The Morgan fingerprint density at radius 3 is 2.43 bits per heavy atom. The molecular weight excluding hydrogens is 337 g/mol. The molecule has 2 rings (SSSR count). The first-order valence-corrected chi connectivity index (χ1v) is 7.17. The summed E-state index contributed by atoms with van der Waals surface area (Å²) in [6.07, 6.45) is 0. The molecule has 5 nitrogen and oxygen atoms in total. The monoisotopic (exact) mass is 353 g/mol. The highest BCUT2D eigenvalue weighted by atomic mass is 79.9. The van der Waals surface area contributed by atoms with Crippen molar-refractivity contribution in [2.24, 2.45) is 5.84 Å². The van der Waals surface area contributed by atoms with E-state index in [1.807, 2.05) is 20.8 Å². The number of halogens is 2. The van der Waals surface area contributed by atoms with Crippen molar-refractivity contribution in [2.45, 2.75) is 26.2 Å². The van der Waals surface area contributed by atoms with Gasteiger partial charge in [-0.1, -0.05) is 36.7 Å². The molecule has 0 radical (unpaired) electrons. The fourth-order valence-electron chi connectivity index (χ4n) is 1.65. The van der Waals surface area contributed by atoms with Gasteiger partial charge in [0.05, 0.1) is 5.69 Å². The number of nitrogens with zero attached hydrogens (tertiary/aromatic N) is 2. The van der Waals surface area contributed by atoms with Gasteiger partial charge in [0.15, 0.2) is 0 Å². The smallest absolute Gasteiger partial charge is 0.146 e. The highest BCUT2D eigenvalue weighted by Crippen LogP contribution is 2.26. The van der Waals surface area contributed by atoms with Crippen LogP contribution in [0.25, 0.3) is 0 Å². The number of nitrogens with two attached hydrogens (primary N) is 1. The van der Waals surface area contributed by atoms with Gasteiger partial charge in [-0.3, -0.25) is 0 Å². The summed E-state index contributed by atoms with van der Waals surface area (Å²) in [5.41, 5.74) is 2.57. The Bertz CT molecular complexity index is 654. The van der Waals surface area contributed by atoms with Crippen LogP contribution in [-0.4, -0.2) is 9.97 Å². The third kappa shape index (κ3) is 3.89. The standard InChI is InChI=1S/C14H17BrFN5/c1-14(2,3)13-19-11(7-12(20-13)21-17)18-10-6-8(15)4-5-9(10)16/h4-7H,17H2,1-3H3,(H2,18,19,20,21). The number of rotatable bonds is 3. The predicted octanol–water partition coefficient (Wildman–Crippen LogP) is 3.70. The molecule has 0 spiro atoms. The predicted molar refractivity (Wildman–Crippen MR) is 85.9 cm³/mol. The average molecular weight is 354 g/mol. The first-order valence-electron chi connectivity index (χ1n) is 6.38. The summed E-state index contributed by atoms with van der Waals surface area (Å²) in [4.78, 5) is 8.73. The molecule has 0 aliphatic heterocycles. The second-order valence-electron chi connectivity index (χ2n) is 5.61. The SMILES string of the molecule is CC(C)(C)c1nc(NN)cc(Nc2cc(Br)ccc2F)n1. The average Bonchev–Trinajstić information content (AvgIpc) is 2.41. The van der Waals surface area contributed by atoms with E-state index in [1.54, 1.807) is 18.2 Å². The van der Waals surface area contributed by atoms with E-state index in [2.05, 4.69) is 36.6 Å². The van der Waals surface area contributed by atoms with Crippen LogP contribution in [0.3, 0.4) is 0 Å². The van der Waals surface area contributed by atoms with E-state index in [1.165, 1.54) is 6.07 Å². The van der Waals surface area contributed by atoms with Crippen LogP contribution in [0.15, 0.2) is 28.7 Å². The number of benzene rings is 1. The molecule has 0 bridgehead atoms. The van der Waals surface area contributed by atoms with Gasteiger partial charge in [0, 0.05) is 16.0 Å². The molecule has 0 atom stereocenters. The first-order chi connectivity index (χ1) is 9.79. The normalized spacial score (nSPS) is 11.3. The Balaban J connectivity index is 2.42. The zero-order chi connectivity index (χ0) is 15.6. The largest absolute Gasteiger partial charge is 0.338 e. The van der Waals surface area contributed by atoms with E-state index in [4.69, 9.17) is 5.84 Å². The molecule has 1 aromatic carbocycles. The number of nitrogen functional groups attached to an aromatic ring is 1. The number of hydrogen-bond acceptors (Lipinski definition) is 5.